The first-order valence-electron chi connectivity index (χ1n) is 6.19. The maximum atomic E-state index is 5.99. The number of aryl methyl sites for hydroxylation is 1. The average molecular weight is 286 g/mol. The van der Waals surface area contributed by atoms with Gasteiger partial charge in [-0.05, 0) is 30.9 Å². The van der Waals surface area contributed by atoms with Gasteiger partial charge in [-0.3, -0.25) is 0 Å². The second-order valence-corrected chi connectivity index (χ2v) is 6.35. The summed E-state index contributed by atoms with van der Waals surface area (Å²) in [5.41, 5.74) is 1.12. The summed E-state index contributed by atoms with van der Waals surface area (Å²) in [5.74, 6) is 1.96. The van der Waals surface area contributed by atoms with Crippen molar-refractivity contribution in [1.82, 2.24) is 9.97 Å². The molecular weight excluding hydrogens is 270 g/mol. The standard InChI is InChI=1S/C12H16ClN3OS/c1-17-7-12(4-2-5-12)16-10-9-8(3-6-18-9)14-11(13)15-10/h2-7H2,1H3,(H,14,15,16). The first kappa shape index (κ1) is 12.5. The normalized spacial score (nSPS) is 20.3. The highest BCUT2D eigenvalue weighted by Crippen LogP contribution is 2.41. The van der Waals surface area contributed by atoms with Gasteiger partial charge in [-0.15, -0.1) is 11.8 Å². The van der Waals surface area contributed by atoms with Gasteiger partial charge in [-0.2, -0.15) is 4.98 Å². The molecule has 1 aromatic rings. The molecule has 2 aliphatic rings. The van der Waals surface area contributed by atoms with Gasteiger partial charge in [0.25, 0.3) is 0 Å². The smallest absolute Gasteiger partial charge is 0.224 e. The number of methoxy groups -OCH3 is 1. The number of anilines is 1. The van der Waals surface area contributed by atoms with E-state index in [1.54, 1.807) is 7.11 Å². The van der Waals surface area contributed by atoms with Crippen molar-refractivity contribution in [1.29, 1.82) is 0 Å². The van der Waals surface area contributed by atoms with Crippen LogP contribution in [0.25, 0.3) is 0 Å². The van der Waals surface area contributed by atoms with Crippen molar-refractivity contribution in [2.75, 3.05) is 24.8 Å². The van der Waals surface area contributed by atoms with E-state index in [1.165, 1.54) is 11.3 Å². The van der Waals surface area contributed by atoms with Crippen LogP contribution in [0.4, 0.5) is 5.82 Å². The van der Waals surface area contributed by atoms with Crippen molar-refractivity contribution in [3.05, 3.63) is 11.0 Å². The van der Waals surface area contributed by atoms with Crippen LogP contribution in [0, 0.1) is 0 Å². The van der Waals surface area contributed by atoms with E-state index in [9.17, 15) is 0 Å². The number of halogens is 1. The zero-order valence-corrected chi connectivity index (χ0v) is 11.9. The summed E-state index contributed by atoms with van der Waals surface area (Å²) in [6, 6.07) is 0. The summed E-state index contributed by atoms with van der Waals surface area (Å²) in [6.07, 6.45) is 4.47. The average Bonchev–Trinajstić information content (AvgIpc) is 2.74. The Hall–Kier alpha value is -0.520. The summed E-state index contributed by atoms with van der Waals surface area (Å²) < 4.78 is 5.33. The van der Waals surface area contributed by atoms with Gasteiger partial charge in [-0.25, -0.2) is 4.98 Å². The van der Waals surface area contributed by atoms with Crippen molar-refractivity contribution in [2.24, 2.45) is 0 Å². The van der Waals surface area contributed by atoms with Crippen LogP contribution in [0.5, 0.6) is 0 Å². The monoisotopic (exact) mass is 285 g/mol. The lowest BCUT2D eigenvalue weighted by molar-refractivity contribution is 0.0979. The van der Waals surface area contributed by atoms with Crippen LogP contribution >= 0.6 is 23.4 Å². The molecule has 0 radical (unpaired) electrons. The first-order chi connectivity index (χ1) is 8.72. The maximum Gasteiger partial charge on any atom is 0.224 e. The molecule has 0 bridgehead atoms. The molecule has 0 amide bonds. The van der Waals surface area contributed by atoms with E-state index in [0.29, 0.717) is 11.9 Å². The predicted octanol–water partition coefficient (Wildman–Crippen LogP) is 2.76. The Kier molecular flexibility index (Phi) is 3.38. The van der Waals surface area contributed by atoms with Crippen LogP contribution in [0.15, 0.2) is 4.90 Å². The van der Waals surface area contributed by atoms with Crippen molar-refractivity contribution in [3.63, 3.8) is 0 Å². The zero-order chi connectivity index (χ0) is 12.6. The Morgan fingerprint density at radius 1 is 1.44 bits per heavy atom. The Morgan fingerprint density at radius 3 is 2.94 bits per heavy atom. The van der Waals surface area contributed by atoms with Crippen LogP contribution in [-0.2, 0) is 11.2 Å². The Labute approximate surface area is 116 Å². The number of hydrogen-bond donors (Lipinski definition) is 1. The Balaban J connectivity index is 1.88. The van der Waals surface area contributed by atoms with Gasteiger partial charge in [-0.1, -0.05) is 0 Å². The van der Waals surface area contributed by atoms with Gasteiger partial charge in [0.15, 0.2) is 0 Å². The molecule has 1 aliphatic heterocycles. The van der Waals surface area contributed by atoms with Crippen LogP contribution in [0.2, 0.25) is 5.28 Å². The third-order valence-corrected chi connectivity index (χ3v) is 4.90. The second-order valence-electron chi connectivity index (χ2n) is 4.91. The van der Waals surface area contributed by atoms with Crippen molar-refractivity contribution >= 4 is 29.2 Å². The third-order valence-electron chi connectivity index (χ3n) is 3.61. The summed E-state index contributed by atoms with van der Waals surface area (Å²) in [7, 11) is 1.74. The lowest BCUT2D eigenvalue weighted by atomic mass is 9.77. The fourth-order valence-electron chi connectivity index (χ4n) is 2.56. The van der Waals surface area contributed by atoms with Crippen LogP contribution in [0.3, 0.4) is 0 Å². The SMILES string of the molecule is COCC1(Nc2nc(Cl)nc3c2SCC3)CCC1. The van der Waals surface area contributed by atoms with E-state index in [4.69, 9.17) is 16.3 Å². The molecule has 1 aromatic heterocycles. The Bertz CT molecular complexity index is 465. The summed E-state index contributed by atoms with van der Waals surface area (Å²) in [5, 5.41) is 3.89. The highest BCUT2D eigenvalue weighted by atomic mass is 35.5. The number of aromatic nitrogens is 2. The van der Waals surface area contributed by atoms with Crippen molar-refractivity contribution < 1.29 is 4.74 Å². The minimum Gasteiger partial charge on any atom is -0.382 e. The number of nitrogens with zero attached hydrogens (tertiary/aromatic N) is 2. The Morgan fingerprint density at radius 2 is 2.28 bits per heavy atom. The number of fused-ring (bicyclic) bond motifs is 1. The second kappa shape index (κ2) is 4.87. The summed E-state index contributed by atoms with van der Waals surface area (Å²) in [4.78, 5) is 9.83. The highest BCUT2D eigenvalue weighted by molar-refractivity contribution is 7.99. The maximum absolute atomic E-state index is 5.99. The number of rotatable bonds is 4. The molecule has 4 nitrogen and oxygen atoms in total. The zero-order valence-electron chi connectivity index (χ0n) is 10.3. The van der Waals surface area contributed by atoms with E-state index in [1.807, 2.05) is 11.8 Å². The molecule has 6 heteroatoms. The van der Waals surface area contributed by atoms with Crippen molar-refractivity contribution in [3.8, 4) is 0 Å². The highest BCUT2D eigenvalue weighted by Gasteiger charge is 2.38. The van der Waals surface area contributed by atoms with Gasteiger partial charge in [0.2, 0.25) is 5.28 Å². The van der Waals surface area contributed by atoms with Crippen molar-refractivity contribution in [2.45, 2.75) is 36.1 Å². The molecule has 18 heavy (non-hydrogen) atoms. The summed E-state index contributed by atoms with van der Waals surface area (Å²) >= 11 is 7.80. The molecule has 2 heterocycles. The molecule has 0 atom stereocenters. The van der Waals surface area contributed by atoms with E-state index >= 15 is 0 Å². The van der Waals surface area contributed by atoms with E-state index in [-0.39, 0.29) is 5.54 Å². The fraction of sp³-hybridized carbons (Fsp3) is 0.667. The van der Waals surface area contributed by atoms with Gasteiger partial charge in [0, 0.05) is 19.3 Å². The van der Waals surface area contributed by atoms with Crippen LogP contribution < -0.4 is 5.32 Å². The molecule has 1 aliphatic carbocycles. The van der Waals surface area contributed by atoms with Gasteiger partial charge in [0.05, 0.1) is 22.7 Å². The van der Waals surface area contributed by atoms with Crippen LogP contribution in [0.1, 0.15) is 25.0 Å². The minimum atomic E-state index is 0.0450. The molecule has 0 spiro atoms. The quantitative estimate of drug-likeness (QED) is 0.862. The molecule has 0 unspecified atom stereocenters. The van der Waals surface area contributed by atoms with Gasteiger partial charge in [0.1, 0.15) is 5.82 Å². The fourth-order valence-corrected chi connectivity index (χ4v) is 3.79. The lowest BCUT2D eigenvalue weighted by Crippen LogP contribution is -2.49. The number of nitrogens with one attached hydrogen (secondary N) is 1. The number of thioether (sulfide) groups is 1. The molecule has 1 saturated carbocycles. The molecular formula is C12H16ClN3OS. The lowest BCUT2D eigenvalue weighted by Gasteiger charge is -2.42. The molecule has 98 valence electrons. The molecule has 1 fully saturated rings. The number of ether oxygens (including phenoxy) is 1. The van der Waals surface area contributed by atoms with Gasteiger partial charge >= 0.3 is 0 Å². The van der Waals surface area contributed by atoms with E-state index in [0.717, 1.165) is 36.5 Å². The van der Waals surface area contributed by atoms with E-state index < -0.39 is 0 Å². The first-order valence-corrected chi connectivity index (χ1v) is 7.55. The summed E-state index contributed by atoms with van der Waals surface area (Å²) in [6.45, 7) is 0.716. The number of hydrogen-bond acceptors (Lipinski definition) is 5. The molecule has 0 aromatic carbocycles. The third kappa shape index (κ3) is 2.19. The van der Waals surface area contributed by atoms with E-state index in [2.05, 4.69) is 15.3 Å². The largest absolute Gasteiger partial charge is 0.382 e. The minimum absolute atomic E-state index is 0.0450. The predicted molar refractivity (Wildman–Crippen MR) is 73.6 cm³/mol. The topological polar surface area (TPSA) is 47.0 Å². The molecule has 1 N–H and O–H groups in total. The van der Waals surface area contributed by atoms with Crippen LogP contribution in [-0.4, -0.2) is 35.0 Å². The molecule has 0 saturated heterocycles. The molecule has 3 rings (SSSR count). The van der Waals surface area contributed by atoms with Gasteiger partial charge < -0.3 is 10.1 Å².